The van der Waals surface area contributed by atoms with Crippen molar-refractivity contribution in [1.82, 2.24) is 10.2 Å². The Morgan fingerprint density at radius 1 is 1.34 bits per heavy atom. The molecule has 3 aliphatic heterocycles. The molecule has 0 bridgehead atoms. The lowest BCUT2D eigenvalue weighted by molar-refractivity contribution is -0.137. The number of amides is 1. The van der Waals surface area contributed by atoms with Crippen molar-refractivity contribution in [3.63, 3.8) is 0 Å². The summed E-state index contributed by atoms with van der Waals surface area (Å²) < 4.78 is 16.8. The minimum absolute atomic E-state index is 0.0641. The standard InChI is InChI=1S/C20H27N3O6/c1-9(2)5-6-28-17-10(3)15(24)14-13(16(17)25)11(8-29-19(21)26)20(27-4)18-12(22-18)7-23(14)20/h9,11-12,18,22H,5-8H2,1-4H3,(H2,21,26)/t11-,12?,18?,20-/m1/s1. The van der Waals surface area contributed by atoms with Gasteiger partial charge in [-0.1, -0.05) is 13.8 Å². The topological polar surface area (TPSA) is 130 Å². The van der Waals surface area contributed by atoms with Crippen LogP contribution in [0, 0.1) is 11.8 Å². The predicted octanol–water partition coefficient (Wildman–Crippen LogP) is 0.453. The number of nitrogens with zero attached hydrogens (tertiary/aromatic N) is 1. The third-order valence-corrected chi connectivity index (χ3v) is 6.31. The van der Waals surface area contributed by atoms with Crippen LogP contribution < -0.4 is 11.1 Å². The van der Waals surface area contributed by atoms with Crippen molar-refractivity contribution < 1.29 is 28.6 Å². The van der Waals surface area contributed by atoms with Gasteiger partial charge in [-0.05, 0) is 19.3 Å². The molecule has 2 unspecified atom stereocenters. The van der Waals surface area contributed by atoms with E-state index in [1.165, 1.54) is 0 Å². The molecule has 0 aromatic rings. The van der Waals surface area contributed by atoms with E-state index in [4.69, 9.17) is 19.9 Å². The molecule has 2 saturated heterocycles. The van der Waals surface area contributed by atoms with E-state index in [1.54, 1.807) is 14.0 Å². The Hall–Kier alpha value is -2.39. The van der Waals surface area contributed by atoms with Gasteiger partial charge in [-0.15, -0.1) is 0 Å². The van der Waals surface area contributed by atoms with E-state index in [1.807, 2.05) is 4.90 Å². The van der Waals surface area contributed by atoms with Gasteiger partial charge in [0.15, 0.2) is 11.5 Å². The molecule has 1 aliphatic carbocycles. The lowest BCUT2D eigenvalue weighted by Gasteiger charge is -2.39. The maximum absolute atomic E-state index is 13.4. The van der Waals surface area contributed by atoms with Gasteiger partial charge in [0.25, 0.3) is 0 Å². The Balaban J connectivity index is 1.71. The molecule has 0 aromatic heterocycles. The molecule has 9 heteroatoms. The first-order valence-corrected chi connectivity index (χ1v) is 9.92. The number of nitrogens with two attached hydrogens (primary N) is 1. The van der Waals surface area contributed by atoms with E-state index in [-0.39, 0.29) is 41.6 Å². The molecule has 3 N–H and O–H groups in total. The van der Waals surface area contributed by atoms with E-state index >= 15 is 0 Å². The van der Waals surface area contributed by atoms with E-state index in [9.17, 15) is 14.4 Å². The largest absolute Gasteiger partial charge is 0.489 e. The summed E-state index contributed by atoms with van der Waals surface area (Å²) in [4.78, 5) is 39.9. The Labute approximate surface area is 169 Å². The Kier molecular flexibility index (Phi) is 4.70. The van der Waals surface area contributed by atoms with Crippen LogP contribution >= 0.6 is 0 Å². The fourth-order valence-corrected chi connectivity index (χ4v) is 4.84. The van der Waals surface area contributed by atoms with Crippen molar-refractivity contribution in [1.29, 1.82) is 0 Å². The minimum Gasteiger partial charge on any atom is -0.489 e. The van der Waals surface area contributed by atoms with Crippen LogP contribution in [-0.4, -0.2) is 67.2 Å². The van der Waals surface area contributed by atoms with E-state index in [0.717, 1.165) is 6.42 Å². The molecular weight excluding hydrogens is 378 g/mol. The third-order valence-electron chi connectivity index (χ3n) is 6.31. The summed E-state index contributed by atoms with van der Waals surface area (Å²) in [5, 5.41) is 3.32. The molecule has 4 rings (SSSR count). The monoisotopic (exact) mass is 405 g/mol. The van der Waals surface area contributed by atoms with Crippen LogP contribution in [0.4, 0.5) is 4.79 Å². The van der Waals surface area contributed by atoms with Crippen LogP contribution in [0.2, 0.25) is 0 Å². The second-order valence-corrected chi connectivity index (χ2v) is 8.41. The Morgan fingerprint density at radius 2 is 2.07 bits per heavy atom. The van der Waals surface area contributed by atoms with Crippen molar-refractivity contribution in [3.05, 3.63) is 22.6 Å². The molecule has 2 fully saturated rings. The van der Waals surface area contributed by atoms with Gasteiger partial charge in [-0.3, -0.25) is 9.59 Å². The number of carbonyl (C=O) groups excluding carboxylic acids is 3. The second kappa shape index (κ2) is 6.84. The Bertz CT molecular complexity index is 847. The number of fused-ring (bicyclic) bond motifs is 4. The zero-order valence-electron chi connectivity index (χ0n) is 17.1. The normalized spacial score (nSPS) is 32.6. The van der Waals surface area contributed by atoms with E-state index in [0.29, 0.717) is 30.3 Å². The molecule has 29 heavy (non-hydrogen) atoms. The van der Waals surface area contributed by atoms with E-state index < -0.39 is 17.7 Å². The number of hydrogen-bond acceptors (Lipinski definition) is 8. The van der Waals surface area contributed by atoms with Crippen LogP contribution in [0.1, 0.15) is 27.2 Å². The number of rotatable bonds is 7. The fraction of sp³-hybridized carbons (Fsp3) is 0.650. The number of Topliss-reactive ketones (excluding diaryl/α,β-unsaturated/α-hetero) is 2. The lowest BCUT2D eigenvalue weighted by atomic mass is 9.83. The number of allylic oxidation sites excluding steroid dienone is 2. The van der Waals surface area contributed by atoms with Gasteiger partial charge in [0.1, 0.15) is 6.61 Å². The fourth-order valence-electron chi connectivity index (χ4n) is 4.84. The molecule has 4 atom stereocenters. The highest BCUT2D eigenvalue weighted by Gasteiger charge is 2.72. The highest BCUT2D eigenvalue weighted by molar-refractivity contribution is 6.25. The summed E-state index contributed by atoms with van der Waals surface area (Å²) in [5.74, 6) is -0.756. The molecule has 4 aliphatic rings. The molecule has 0 saturated carbocycles. The minimum atomic E-state index is -0.968. The molecule has 0 spiro atoms. The Morgan fingerprint density at radius 3 is 2.69 bits per heavy atom. The third kappa shape index (κ3) is 2.78. The summed E-state index contributed by atoms with van der Waals surface area (Å²) in [6, 6.07) is 0.0988. The zero-order chi connectivity index (χ0) is 21.1. The molecule has 0 aromatic carbocycles. The average molecular weight is 405 g/mol. The van der Waals surface area contributed by atoms with Crippen molar-refractivity contribution in [2.75, 3.05) is 26.9 Å². The maximum atomic E-state index is 13.4. The van der Waals surface area contributed by atoms with Crippen LogP contribution in [-0.2, 0) is 23.8 Å². The van der Waals surface area contributed by atoms with Crippen molar-refractivity contribution in [2.24, 2.45) is 17.6 Å². The summed E-state index contributed by atoms with van der Waals surface area (Å²) >= 11 is 0. The average Bonchev–Trinajstić information content (AvgIpc) is 3.27. The van der Waals surface area contributed by atoms with Gasteiger partial charge >= 0.3 is 6.09 Å². The van der Waals surface area contributed by atoms with Gasteiger partial charge in [0.2, 0.25) is 11.6 Å². The molecule has 0 radical (unpaired) electrons. The summed E-state index contributed by atoms with van der Waals surface area (Å²) in [5.41, 5.74) is 5.13. The summed E-state index contributed by atoms with van der Waals surface area (Å²) in [6.45, 7) is 6.47. The van der Waals surface area contributed by atoms with Crippen molar-refractivity contribution in [3.8, 4) is 0 Å². The number of piperazine rings is 1. The number of methoxy groups -OCH3 is 1. The van der Waals surface area contributed by atoms with Crippen LogP contribution in [0.25, 0.3) is 0 Å². The molecule has 158 valence electrons. The number of ether oxygens (including phenoxy) is 3. The smallest absolute Gasteiger partial charge is 0.404 e. The first-order chi connectivity index (χ1) is 13.7. The number of nitrogens with one attached hydrogen (secondary N) is 1. The van der Waals surface area contributed by atoms with Gasteiger partial charge in [-0.2, -0.15) is 0 Å². The number of ketones is 2. The van der Waals surface area contributed by atoms with Crippen LogP contribution in [0.15, 0.2) is 22.6 Å². The van der Waals surface area contributed by atoms with Gasteiger partial charge in [0, 0.05) is 30.8 Å². The quantitative estimate of drug-likeness (QED) is 0.461. The van der Waals surface area contributed by atoms with Crippen molar-refractivity contribution >= 4 is 17.7 Å². The number of hydrogen-bond donors (Lipinski definition) is 2. The first kappa shape index (κ1) is 19.9. The SMILES string of the molecule is CO[C@]12C3NC3CN1C1=C(C(=O)C(OCCC(C)C)=C(C)C1=O)[C@H]2COC(N)=O. The van der Waals surface area contributed by atoms with Crippen molar-refractivity contribution in [2.45, 2.75) is 45.0 Å². The number of carbonyl (C=O) groups is 3. The zero-order valence-corrected chi connectivity index (χ0v) is 17.1. The predicted molar refractivity (Wildman–Crippen MR) is 101 cm³/mol. The molecule has 9 nitrogen and oxygen atoms in total. The molecule has 1 amide bonds. The second-order valence-electron chi connectivity index (χ2n) is 8.41. The lowest BCUT2D eigenvalue weighted by Crippen LogP contribution is -2.55. The maximum Gasteiger partial charge on any atom is 0.404 e. The highest BCUT2D eigenvalue weighted by Crippen LogP contribution is 2.55. The van der Waals surface area contributed by atoms with Crippen LogP contribution in [0.5, 0.6) is 0 Å². The summed E-state index contributed by atoms with van der Waals surface area (Å²) in [7, 11) is 1.54. The summed E-state index contributed by atoms with van der Waals surface area (Å²) in [6.07, 6.45) is -0.176. The molecule has 3 heterocycles. The highest BCUT2D eigenvalue weighted by atomic mass is 16.6. The molecular formula is C20H27N3O6. The van der Waals surface area contributed by atoms with Gasteiger partial charge in [-0.25, -0.2) is 4.79 Å². The number of primary amides is 1. The van der Waals surface area contributed by atoms with E-state index in [2.05, 4.69) is 19.2 Å². The van der Waals surface area contributed by atoms with Gasteiger partial charge in [0.05, 0.1) is 24.3 Å². The van der Waals surface area contributed by atoms with Crippen LogP contribution in [0.3, 0.4) is 0 Å². The first-order valence-electron chi connectivity index (χ1n) is 9.92. The van der Waals surface area contributed by atoms with Gasteiger partial charge < -0.3 is 30.2 Å².